The summed E-state index contributed by atoms with van der Waals surface area (Å²) in [4.78, 5) is 0. The van der Waals surface area contributed by atoms with Crippen molar-refractivity contribution in [3.8, 4) is 11.1 Å². The average molecular weight is 619 g/mol. The van der Waals surface area contributed by atoms with E-state index < -0.39 is 0 Å². The maximum absolute atomic E-state index is 2.56. The molecule has 0 amide bonds. The van der Waals surface area contributed by atoms with Gasteiger partial charge in [-0.15, -0.1) is 0 Å². The van der Waals surface area contributed by atoms with Gasteiger partial charge in [0.1, 0.15) is 0 Å². The summed E-state index contributed by atoms with van der Waals surface area (Å²) < 4.78 is 5.10. The molecule has 0 unspecified atom stereocenters. The van der Waals surface area contributed by atoms with Crippen LogP contribution in [-0.4, -0.2) is 9.13 Å². The molecule has 48 heavy (non-hydrogen) atoms. The molecule has 0 N–H and O–H groups in total. The average Bonchev–Trinajstić information content (AvgIpc) is 3.68. The number of nitrogens with zero attached hydrogens (tertiary/aromatic N) is 2. The molecule has 0 aliphatic heterocycles. The molecule has 4 aliphatic rings. The highest BCUT2D eigenvalue weighted by atomic mass is 15.0. The molecular formula is C46H38N2. The number of rotatable bonds is 4. The summed E-state index contributed by atoms with van der Waals surface area (Å²) in [6, 6.07) is 32.0. The Balaban J connectivity index is 1.20. The minimum absolute atomic E-state index is 1.04. The topological polar surface area (TPSA) is 9.86 Å². The Labute approximate surface area is 281 Å². The van der Waals surface area contributed by atoms with Crippen molar-refractivity contribution in [1.29, 1.82) is 0 Å². The van der Waals surface area contributed by atoms with Crippen molar-refractivity contribution in [2.45, 2.75) is 51.4 Å². The highest BCUT2D eigenvalue weighted by Crippen LogP contribution is 2.45. The van der Waals surface area contributed by atoms with Gasteiger partial charge in [-0.25, -0.2) is 0 Å². The molecule has 6 aromatic rings. The van der Waals surface area contributed by atoms with Crippen LogP contribution in [0, 0.1) is 0 Å². The predicted molar refractivity (Wildman–Crippen MR) is 205 cm³/mol. The third-order valence-electron chi connectivity index (χ3n) is 11.1. The molecular weight excluding hydrogens is 581 g/mol. The summed E-state index contributed by atoms with van der Waals surface area (Å²) >= 11 is 0. The number of benzene rings is 4. The third kappa shape index (κ3) is 4.25. The highest BCUT2D eigenvalue weighted by molar-refractivity contribution is 6.22. The first-order valence-corrected chi connectivity index (χ1v) is 17.7. The summed E-state index contributed by atoms with van der Waals surface area (Å²) in [6.45, 7) is 0. The van der Waals surface area contributed by atoms with Crippen LogP contribution in [0.15, 0.2) is 156 Å². The summed E-state index contributed by atoms with van der Waals surface area (Å²) in [6.07, 6.45) is 27.6. The fourth-order valence-corrected chi connectivity index (χ4v) is 8.91. The molecule has 0 radical (unpaired) electrons. The maximum Gasteiger partial charge on any atom is 0.0544 e. The van der Waals surface area contributed by atoms with E-state index in [-0.39, 0.29) is 0 Å². The Hall–Kier alpha value is -5.34. The first kappa shape index (κ1) is 27.7. The highest BCUT2D eigenvalue weighted by Gasteiger charge is 2.23. The van der Waals surface area contributed by atoms with Crippen LogP contribution in [0.5, 0.6) is 0 Å². The van der Waals surface area contributed by atoms with Gasteiger partial charge >= 0.3 is 0 Å². The Morgan fingerprint density at radius 2 is 1.06 bits per heavy atom. The third-order valence-corrected chi connectivity index (χ3v) is 11.1. The van der Waals surface area contributed by atoms with Crippen LogP contribution in [-0.2, 0) is 0 Å². The Morgan fingerprint density at radius 3 is 1.73 bits per heavy atom. The molecule has 2 heterocycles. The van der Waals surface area contributed by atoms with Crippen LogP contribution in [0.1, 0.15) is 51.4 Å². The molecule has 0 fully saturated rings. The lowest BCUT2D eigenvalue weighted by Gasteiger charge is -2.22. The summed E-state index contributed by atoms with van der Waals surface area (Å²) in [5.74, 6) is 0. The van der Waals surface area contributed by atoms with Gasteiger partial charge in [-0.1, -0.05) is 97.1 Å². The summed E-state index contributed by atoms with van der Waals surface area (Å²) in [5, 5.41) is 5.34. The SMILES string of the molecule is C1=CCCC(C2=CC=C(n3c4ccccc4c4c(-c5cccc6c5c5ccccc5n6C5=CC6=C(C=CCC6)CC5)cccc43)CC2)=C1. The van der Waals surface area contributed by atoms with Gasteiger partial charge in [0.15, 0.2) is 0 Å². The Morgan fingerprint density at radius 1 is 0.438 bits per heavy atom. The Bertz CT molecular complexity index is 2550. The van der Waals surface area contributed by atoms with Gasteiger partial charge < -0.3 is 9.13 Å². The zero-order valence-electron chi connectivity index (χ0n) is 27.3. The van der Waals surface area contributed by atoms with E-state index in [1.54, 1.807) is 0 Å². The van der Waals surface area contributed by atoms with Gasteiger partial charge in [0.2, 0.25) is 0 Å². The second kappa shape index (κ2) is 11.1. The predicted octanol–water partition coefficient (Wildman–Crippen LogP) is 12.7. The van der Waals surface area contributed by atoms with Gasteiger partial charge in [0, 0.05) is 32.9 Å². The van der Waals surface area contributed by atoms with E-state index in [2.05, 4.69) is 143 Å². The van der Waals surface area contributed by atoms with E-state index in [1.807, 2.05) is 0 Å². The molecule has 4 aliphatic carbocycles. The lowest BCUT2D eigenvalue weighted by molar-refractivity contribution is 0.870. The van der Waals surface area contributed by atoms with Crippen LogP contribution < -0.4 is 0 Å². The van der Waals surface area contributed by atoms with Crippen LogP contribution in [0.2, 0.25) is 0 Å². The molecule has 0 bridgehead atoms. The van der Waals surface area contributed by atoms with Gasteiger partial charge in [-0.05, 0) is 121 Å². The fourth-order valence-electron chi connectivity index (χ4n) is 8.91. The van der Waals surface area contributed by atoms with Gasteiger partial charge in [-0.3, -0.25) is 0 Å². The minimum Gasteiger partial charge on any atom is -0.313 e. The standard InChI is InChI=1S/C46H38N2/c1-2-12-31(13-3-1)33-24-27-35(28-25-33)47-41-20-8-6-16-39(41)45-37(18-10-22-43(45)47)38-19-11-23-44-46(38)40-17-7-9-21-42(40)48(44)36-29-26-32-14-4-5-15-34(32)30-36/h1-2,4,6-12,14,16-24,27,30H,3,5,13,15,25-26,28-29H2. The van der Waals surface area contributed by atoms with Crippen LogP contribution >= 0.6 is 0 Å². The number of fused-ring (bicyclic) bond motifs is 6. The van der Waals surface area contributed by atoms with Gasteiger partial charge in [-0.2, -0.15) is 0 Å². The smallest absolute Gasteiger partial charge is 0.0544 e. The quantitative estimate of drug-likeness (QED) is 0.186. The van der Waals surface area contributed by atoms with Gasteiger partial charge in [0.25, 0.3) is 0 Å². The van der Waals surface area contributed by atoms with Crippen molar-refractivity contribution in [2.75, 3.05) is 0 Å². The maximum atomic E-state index is 2.56. The second-order valence-electron chi connectivity index (χ2n) is 13.7. The normalized spacial score (nSPS) is 18.0. The molecule has 2 heteroatoms. The first-order chi connectivity index (χ1) is 23.8. The van der Waals surface area contributed by atoms with E-state index in [4.69, 9.17) is 0 Å². The van der Waals surface area contributed by atoms with Crippen molar-refractivity contribution in [3.63, 3.8) is 0 Å². The number of aromatic nitrogens is 2. The van der Waals surface area contributed by atoms with Crippen LogP contribution in [0.25, 0.3) is 66.1 Å². The van der Waals surface area contributed by atoms with E-state index in [0.717, 1.165) is 51.4 Å². The van der Waals surface area contributed by atoms with Crippen molar-refractivity contribution in [3.05, 3.63) is 156 Å². The van der Waals surface area contributed by atoms with Crippen LogP contribution in [0.3, 0.4) is 0 Å². The fraction of sp³-hybridized carbons (Fsp3) is 0.174. The number of hydrogen-bond donors (Lipinski definition) is 0. The largest absolute Gasteiger partial charge is 0.313 e. The number of allylic oxidation sites excluding steroid dienone is 14. The molecule has 232 valence electrons. The zero-order valence-corrected chi connectivity index (χ0v) is 27.3. The molecule has 0 atom stereocenters. The van der Waals surface area contributed by atoms with Gasteiger partial charge in [0.05, 0.1) is 22.1 Å². The van der Waals surface area contributed by atoms with Crippen molar-refractivity contribution in [2.24, 2.45) is 0 Å². The van der Waals surface area contributed by atoms with Crippen molar-refractivity contribution < 1.29 is 0 Å². The summed E-state index contributed by atoms with van der Waals surface area (Å²) in [7, 11) is 0. The first-order valence-electron chi connectivity index (χ1n) is 17.7. The minimum atomic E-state index is 1.04. The zero-order chi connectivity index (χ0) is 31.6. The lowest BCUT2D eigenvalue weighted by Crippen LogP contribution is -2.05. The second-order valence-corrected chi connectivity index (χ2v) is 13.7. The molecule has 2 aromatic heterocycles. The number of hydrogen-bond acceptors (Lipinski definition) is 0. The number of para-hydroxylation sites is 2. The van der Waals surface area contributed by atoms with Crippen LogP contribution in [0.4, 0.5) is 0 Å². The van der Waals surface area contributed by atoms with E-state index >= 15 is 0 Å². The molecule has 0 spiro atoms. The van der Waals surface area contributed by atoms with Crippen molar-refractivity contribution in [1.82, 2.24) is 9.13 Å². The summed E-state index contributed by atoms with van der Waals surface area (Å²) in [5.41, 5.74) is 16.6. The van der Waals surface area contributed by atoms with E-state index in [1.165, 1.54) is 88.4 Å². The molecule has 0 saturated heterocycles. The monoisotopic (exact) mass is 618 g/mol. The molecule has 10 rings (SSSR count). The Kier molecular flexibility index (Phi) is 6.43. The van der Waals surface area contributed by atoms with E-state index in [0.29, 0.717) is 0 Å². The molecule has 2 nitrogen and oxygen atoms in total. The van der Waals surface area contributed by atoms with E-state index in [9.17, 15) is 0 Å². The molecule has 4 aromatic carbocycles. The van der Waals surface area contributed by atoms with Crippen molar-refractivity contribution >= 4 is 55.0 Å². The molecule has 0 saturated carbocycles. The lowest BCUT2D eigenvalue weighted by atomic mass is 9.89.